The van der Waals surface area contributed by atoms with Gasteiger partial charge in [0, 0.05) is 0 Å². The molecule has 0 saturated carbocycles. The molecule has 0 heterocycles. The lowest BCUT2D eigenvalue weighted by Crippen LogP contribution is -2.07. The number of hydrogen-bond acceptors (Lipinski definition) is 1. The molecule has 0 saturated heterocycles. The highest BCUT2D eigenvalue weighted by Crippen LogP contribution is 2.06. The molecule has 0 N–H and O–H groups in total. The average Bonchev–Trinajstić information content (AvgIpc) is 2.15. The lowest BCUT2D eigenvalue weighted by molar-refractivity contribution is 0.363. The predicted octanol–water partition coefficient (Wildman–Crippen LogP) is 1.89. The molecule has 0 aliphatic heterocycles. The fourth-order valence-corrected chi connectivity index (χ4v) is 2.42. The maximum atomic E-state index is 5.38. The summed E-state index contributed by atoms with van der Waals surface area (Å²) >= 11 is 3.28. The quantitative estimate of drug-likeness (QED) is 0.574. The van der Waals surface area contributed by atoms with Gasteiger partial charge in [-0.25, -0.2) is 0 Å². The van der Waals surface area contributed by atoms with Crippen LogP contribution in [0.25, 0.3) is 0 Å². The van der Waals surface area contributed by atoms with Crippen LogP contribution in [-0.4, -0.2) is 24.8 Å². The van der Waals surface area contributed by atoms with Gasteiger partial charge < -0.3 is 4.74 Å². The van der Waals surface area contributed by atoms with E-state index in [0.29, 0.717) is 6.61 Å². The number of ether oxygens (including phenoxy) is 1. The van der Waals surface area contributed by atoms with Gasteiger partial charge in [0.05, 0.1) is 0 Å². The topological polar surface area (TPSA) is 9.23 Å². The van der Waals surface area contributed by atoms with Gasteiger partial charge in [0.2, 0.25) is 0 Å². The second-order valence-corrected chi connectivity index (χ2v) is 5.15. The minimum Gasteiger partial charge on any atom is -0.490 e. The molecular formula is C9H9BrMgO. The summed E-state index contributed by atoms with van der Waals surface area (Å²) in [4.78, 5) is 0. The van der Waals surface area contributed by atoms with Crippen LogP contribution in [0.5, 0.6) is 5.75 Å². The van der Waals surface area contributed by atoms with Crippen LogP contribution in [0.3, 0.4) is 0 Å². The number of hydrogen-bond donors (Lipinski definition) is 0. The molecule has 0 aliphatic carbocycles. The summed E-state index contributed by atoms with van der Waals surface area (Å²) in [5, 5.41) is 0. The molecule has 0 bridgehead atoms. The van der Waals surface area contributed by atoms with Gasteiger partial charge >= 0.3 is 18.2 Å². The van der Waals surface area contributed by atoms with E-state index >= 15 is 0 Å². The molecule has 0 atom stereocenters. The Morgan fingerprint density at radius 2 is 2.42 bits per heavy atom. The molecule has 1 nitrogen and oxygen atoms in total. The van der Waals surface area contributed by atoms with E-state index in [1.54, 1.807) is 6.08 Å². The van der Waals surface area contributed by atoms with Gasteiger partial charge in [0.1, 0.15) is 12.4 Å². The fourth-order valence-electron chi connectivity index (χ4n) is 0.874. The van der Waals surface area contributed by atoms with Gasteiger partial charge in [-0.1, -0.05) is 24.8 Å². The molecule has 0 aliphatic rings. The molecular weight excluding hydrogens is 228 g/mol. The van der Waals surface area contributed by atoms with Crippen LogP contribution in [0.2, 0.25) is 0 Å². The highest BCUT2D eigenvalue weighted by Gasteiger charge is 1.96. The zero-order valence-electron chi connectivity index (χ0n) is 6.79. The maximum absolute atomic E-state index is 5.38. The molecule has 1 rings (SSSR count). The Kier molecular flexibility index (Phi) is 4.72. The van der Waals surface area contributed by atoms with Crippen molar-refractivity contribution >= 4 is 34.8 Å². The zero-order valence-corrected chi connectivity index (χ0v) is 9.79. The molecule has 0 amide bonds. The molecule has 0 aromatic heterocycles. The first-order valence-corrected chi connectivity index (χ1v) is 8.36. The Hall–Kier alpha value is 0.00623. The van der Waals surface area contributed by atoms with Crippen molar-refractivity contribution in [2.45, 2.75) is 0 Å². The summed E-state index contributed by atoms with van der Waals surface area (Å²) in [5.74, 6) is 0.930. The van der Waals surface area contributed by atoms with Crippen molar-refractivity contribution in [3.63, 3.8) is 0 Å². The molecule has 60 valence electrons. The molecule has 12 heavy (non-hydrogen) atoms. The largest absolute Gasteiger partial charge is 0.506 e. The van der Waals surface area contributed by atoms with Crippen LogP contribution >= 0.6 is 12.9 Å². The molecule has 0 radical (unpaired) electrons. The van der Waals surface area contributed by atoms with Crippen molar-refractivity contribution in [2.24, 2.45) is 0 Å². The monoisotopic (exact) mass is 236 g/mol. The van der Waals surface area contributed by atoms with Gasteiger partial charge in [0.25, 0.3) is 0 Å². The SMILES string of the molecule is C=CCOc1ccc[c]([Mg][Br])c1. The second-order valence-electron chi connectivity index (χ2n) is 2.38. The van der Waals surface area contributed by atoms with Crippen molar-refractivity contribution < 1.29 is 4.74 Å². The molecule has 0 unspecified atom stereocenters. The summed E-state index contributed by atoms with van der Waals surface area (Å²) in [5.41, 5.74) is 0. The Morgan fingerprint density at radius 3 is 3.08 bits per heavy atom. The number of benzene rings is 1. The van der Waals surface area contributed by atoms with Gasteiger partial charge in [-0.05, 0) is 12.1 Å². The normalized spacial score (nSPS) is 8.75. The van der Waals surface area contributed by atoms with E-state index < -0.39 is 0 Å². The van der Waals surface area contributed by atoms with Gasteiger partial charge in [-0.2, -0.15) is 0 Å². The third-order valence-corrected chi connectivity index (χ3v) is 4.11. The Balaban J connectivity index is 2.65. The minimum atomic E-state index is -0.247. The van der Waals surface area contributed by atoms with Crippen LogP contribution in [0.1, 0.15) is 0 Å². The van der Waals surface area contributed by atoms with Crippen LogP contribution in [0.15, 0.2) is 36.9 Å². The van der Waals surface area contributed by atoms with E-state index in [1.165, 1.54) is 3.69 Å². The zero-order chi connectivity index (χ0) is 8.81. The van der Waals surface area contributed by atoms with E-state index in [-0.39, 0.29) is 18.2 Å². The maximum Gasteiger partial charge on any atom is 0.506 e. The number of halogens is 1. The van der Waals surface area contributed by atoms with E-state index in [0.717, 1.165) is 5.75 Å². The summed E-state index contributed by atoms with van der Waals surface area (Å²) in [7, 11) is 0. The average molecular weight is 237 g/mol. The predicted molar refractivity (Wildman–Crippen MR) is 56.4 cm³/mol. The van der Waals surface area contributed by atoms with Crippen molar-refractivity contribution in [1.29, 1.82) is 0 Å². The molecule has 3 heteroatoms. The van der Waals surface area contributed by atoms with Crippen molar-refractivity contribution in [3.8, 4) is 5.75 Å². The third kappa shape index (κ3) is 3.17. The first kappa shape index (κ1) is 10.1. The smallest absolute Gasteiger partial charge is 0.490 e. The third-order valence-electron chi connectivity index (χ3n) is 1.42. The van der Waals surface area contributed by atoms with E-state index in [1.807, 2.05) is 12.1 Å². The van der Waals surface area contributed by atoms with Crippen LogP contribution in [-0.2, 0) is 0 Å². The fraction of sp³-hybridized carbons (Fsp3) is 0.111. The van der Waals surface area contributed by atoms with Crippen molar-refractivity contribution in [2.75, 3.05) is 6.61 Å². The summed E-state index contributed by atoms with van der Waals surface area (Å²) in [6.45, 7) is 4.17. The van der Waals surface area contributed by atoms with E-state index in [4.69, 9.17) is 4.74 Å². The van der Waals surface area contributed by atoms with Gasteiger partial charge in [-0.3, -0.25) is 12.9 Å². The molecule has 1 aromatic carbocycles. The van der Waals surface area contributed by atoms with Crippen molar-refractivity contribution in [3.05, 3.63) is 36.9 Å². The first-order chi connectivity index (χ1) is 5.86. The van der Waals surface area contributed by atoms with E-state index in [9.17, 15) is 0 Å². The Labute approximate surface area is 88.4 Å². The summed E-state index contributed by atoms with van der Waals surface area (Å²) in [6, 6.07) is 8.16. The summed E-state index contributed by atoms with van der Waals surface area (Å²) < 4.78 is 6.74. The number of rotatable bonds is 4. The standard InChI is InChI=1S/C9H9O.BrH.Mg/c1-2-8-10-9-6-4-3-5-7-9;;/h2-4,6-7H,1,8H2;1H;/q;;+1/p-1. The lowest BCUT2D eigenvalue weighted by atomic mass is 10.3. The van der Waals surface area contributed by atoms with Crippen LogP contribution in [0, 0.1) is 0 Å². The van der Waals surface area contributed by atoms with E-state index in [2.05, 4.69) is 31.6 Å². The molecule has 0 spiro atoms. The highest BCUT2D eigenvalue weighted by atomic mass is 79.9. The van der Waals surface area contributed by atoms with Crippen LogP contribution in [0.4, 0.5) is 0 Å². The lowest BCUT2D eigenvalue weighted by Gasteiger charge is -2.03. The van der Waals surface area contributed by atoms with Crippen LogP contribution < -0.4 is 8.43 Å². The highest BCUT2D eigenvalue weighted by molar-refractivity contribution is 9.23. The van der Waals surface area contributed by atoms with Gasteiger partial charge in [-0.15, -0.1) is 3.69 Å². The van der Waals surface area contributed by atoms with Gasteiger partial charge in [0.15, 0.2) is 0 Å². The van der Waals surface area contributed by atoms with Crippen molar-refractivity contribution in [1.82, 2.24) is 0 Å². The summed E-state index contributed by atoms with van der Waals surface area (Å²) in [6.07, 6.45) is 1.75. The second kappa shape index (κ2) is 5.62. The Morgan fingerprint density at radius 1 is 1.58 bits per heavy atom. The first-order valence-electron chi connectivity index (χ1n) is 3.75. The molecule has 1 aromatic rings. The Bertz CT molecular complexity index is 262. The minimum absolute atomic E-state index is 0.247. The molecule has 0 fully saturated rings.